The van der Waals surface area contributed by atoms with Crippen molar-refractivity contribution >= 4 is 61.2 Å². The number of nitrogens with two attached hydrogens (primary N) is 1. The Morgan fingerprint density at radius 2 is 2.14 bits per heavy atom. The lowest BCUT2D eigenvalue weighted by molar-refractivity contribution is 0.214. The van der Waals surface area contributed by atoms with Crippen LogP contribution < -0.4 is 10.5 Å². The van der Waals surface area contributed by atoms with E-state index in [2.05, 4.69) is 19.5 Å². The monoisotopic (exact) mass is 351 g/mol. The Morgan fingerprint density at radius 3 is 2.82 bits per heavy atom. The molecule has 0 radical (unpaired) electrons. The number of rotatable bonds is 4. The summed E-state index contributed by atoms with van der Waals surface area (Å²) in [5.74, 6) is 0.260. The van der Waals surface area contributed by atoms with Crippen LogP contribution in [0.2, 0.25) is 0 Å². The fourth-order valence-electron chi connectivity index (χ4n) is 1.61. The zero-order valence-corrected chi connectivity index (χ0v) is 13.7. The van der Waals surface area contributed by atoms with Crippen molar-refractivity contribution in [1.29, 1.82) is 0 Å². The second-order valence-electron chi connectivity index (χ2n) is 3.92. The number of nitrogens with zero attached hydrogens (tertiary/aromatic N) is 4. The molecule has 10 heteroatoms. The Labute approximate surface area is 138 Å². The minimum Gasteiger partial charge on any atom is -0.416 e. The molecule has 0 saturated carbocycles. The van der Waals surface area contributed by atoms with Gasteiger partial charge in [-0.25, -0.2) is 4.98 Å². The van der Waals surface area contributed by atoms with E-state index < -0.39 is 0 Å². The second-order valence-corrected chi connectivity index (χ2v) is 6.06. The molecule has 0 spiro atoms. The van der Waals surface area contributed by atoms with Gasteiger partial charge in [-0.2, -0.15) is 9.36 Å². The average Bonchev–Trinajstić information content (AvgIpc) is 3.10. The maximum absolute atomic E-state index is 5.59. The van der Waals surface area contributed by atoms with Gasteiger partial charge in [0.05, 0.1) is 10.2 Å². The predicted molar refractivity (Wildman–Crippen MR) is 90.7 cm³/mol. The van der Waals surface area contributed by atoms with E-state index >= 15 is 0 Å². The van der Waals surface area contributed by atoms with Crippen LogP contribution in [0.25, 0.3) is 10.2 Å². The maximum atomic E-state index is 5.59. The number of nitrogen functional groups attached to an aromatic ring is 1. The van der Waals surface area contributed by atoms with Crippen molar-refractivity contribution < 1.29 is 9.57 Å². The zero-order chi connectivity index (χ0) is 15.5. The molecule has 0 atom stereocenters. The van der Waals surface area contributed by atoms with Gasteiger partial charge in [-0.05, 0) is 24.4 Å². The Hall–Kier alpha value is -2.17. The molecule has 2 heterocycles. The average molecular weight is 351 g/mol. The first-order valence-electron chi connectivity index (χ1n) is 5.96. The number of oxime groups is 1. The van der Waals surface area contributed by atoms with Gasteiger partial charge in [0, 0.05) is 11.5 Å². The van der Waals surface area contributed by atoms with Crippen LogP contribution in [-0.2, 0) is 4.84 Å². The van der Waals surface area contributed by atoms with Crippen LogP contribution in [0.1, 0.15) is 5.82 Å². The van der Waals surface area contributed by atoms with E-state index in [1.165, 1.54) is 18.4 Å². The van der Waals surface area contributed by atoms with Gasteiger partial charge < -0.3 is 15.3 Å². The van der Waals surface area contributed by atoms with Gasteiger partial charge in [-0.15, -0.1) is 0 Å². The molecule has 0 unspecified atom stereocenters. The van der Waals surface area contributed by atoms with Gasteiger partial charge in [0.2, 0.25) is 16.6 Å². The molecule has 0 bridgehead atoms. The number of aromatic nitrogens is 3. The highest BCUT2D eigenvalue weighted by Crippen LogP contribution is 2.27. The molecule has 0 fully saturated rings. The molecule has 0 aliphatic carbocycles. The van der Waals surface area contributed by atoms with Gasteiger partial charge in [-0.3, -0.25) is 0 Å². The lowest BCUT2D eigenvalue weighted by atomic mass is 10.3. The third-order valence-electron chi connectivity index (χ3n) is 2.48. The molecule has 1 aromatic carbocycles. The highest BCUT2D eigenvalue weighted by atomic mass is 32.1. The summed E-state index contributed by atoms with van der Waals surface area (Å²) in [5.41, 5.74) is 6.61. The third kappa shape index (κ3) is 3.03. The highest BCUT2D eigenvalue weighted by molar-refractivity contribution is 7.81. The van der Waals surface area contributed by atoms with Crippen molar-refractivity contribution in [2.45, 2.75) is 0 Å². The highest BCUT2D eigenvalue weighted by Gasteiger charge is 2.20. The molecule has 3 aromatic rings. The number of ether oxygens (including phenoxy) is 1. The maximum Gasteiger partial charge on any atom is 0.280 e. The predicted octanol–water partition coefficient (Wildman–Crippen LogP) is 2.49. The van der Waals surface area contributed by atoms with E-state index in [1.807, 2.05) is 24.3 Å². The van der Waals surface area contributed by atoms with Crippen molar-refractivity contribution in [3.8, 4) is 5.19 Å². The van der Waals surface area contributed by atoms with E-state index in [1.54, 1.807) is 0 Å². The molecule has 0 saturated heterocycles. The lowest BCUT2D eigenvalue weighted by Gasteiger charge is -2.03. The number of thiazole rings is 1. The summed E-state index contributed by atoms with van der Waals surface area (Å²) in [5, 5.41) is 4.60. The molecule has 22 heavy (non-hydrogen) atoms. The Kier molecular flexibility index (Phi) is 4.22. The third-order valence-corrected chi connectivity index (χ3v) is 4.22. The molecular formula is C12H9N5O2S3. The lowest BCUT2D eigenvalue weighted by Crippen LogP contribution is -2.21. The molecule has 0 aliphatic rings. The Bertz CT molecular complexity index is 824. The fourth-order valence-corrected chi connectivity index (χ4v) is 3.13. The van der Waals surface area contributed by atoms with Crippen molar-refractivity contribution in [2.24, 2.45) is 5.16 Å². The van der Waals surface area contributed by atoms with Crippen LogP contribution in [0.3, 0.4) is 0 Å². The summed E-state index contributed by atoms with van der Waals surface area (Å²) < 4.78 is 10.6. The first-order chi connectivity index (χ1) is 10.7. The van der Waals surface area contributed by atoms with Crippen molar-refractivity contribution in [3.05, 3.63) is 30.1 Å². The van der Waals surface area contributed by atoms with Gasteiger partial charge >= 0.3 is 0 Å². The summed E-state index contributed by atoms with van der Waals surface area (Å²) in [4.78, 5) is 13.1. The van der Waals surface area contributed by atoms with Crippen LogP contribution in [0.5, 0.6) is 5.19 Å². The van der Waals surface area contributed by atoms with E-state index in [9.17, 15) is 0 Å². The van der Waals surface area contributed by atoms with E-state index in [0.29, 0.717) is 10.3 Å². The summed E-state index contributed by atoms with van der Waals surface area (Å²) in [6.45, 7) is 0. The minimum atomic E-state index is 0.0682. The smallest absolute Gasteiger partial charge is 0.280 e. The Balaban J connectivity index is 1.86. The number of anilines is 1. The molecule has 112 valence electrons. The minimum absolute atomic E-state index is 0.0682. The van der Waals surface area contributed by atoms with E-state index in [0.717, 1.165) is 21.7 Å². The molecule has 2 aromatic heterocycles. The van der Waals surface area contributed by atoms with E-state index in [-0.39, 0.29) is 16.6 Å². The summed E-state index contributed by atoms with van der Waals surface area (Å²) in [6.07, 6.45) is 0. The number of para-hydroxylation sites is 1. The van der Waals surface area contributed by atoms with Gasteiger partial charge in [0.1, 0.15) is 7.11 Å². The fraction of sp³-hybridized carbons (Fsp3) is 0.0833. The van der Waals surface area contributed by atoms with E-state index in [4.69, 9.17) is 27.5 Å². The van der Waals surface area contributed by atoms with Crippen molar-refractivity contribution in [2.75, 3.05) is 12.8 Å². The zero-order valence-electron chi connectivity index (χ0n) is 11.2. The number of hydrogen-bond acceptors (Lipinski definition) is 10. The number of thiocarbonyl (C=S) groups is 1. The molecular weight excluding hydrogens is 342 g/mol. The van der Waals surface area contributed by atoms with Crippen molar-refractivity contribution in [3.63, 3.8) is 0 Å². The largest absolute Gasteiger partial charge is 0.416 e. The van der Waals surface area contributed by atoms with Crippen molar-refractivity contribution in [1.82, 2.24) is 14.3 Å². The summed E-state index contributed by atoms with van der Waals surface area (Å²) in [6, 6.07) is 7.69. The number of benzene rings is 1. The second kappa shape index (κ2) is 6.30. The normalized spacial score (nSPS) is 11.6. The summed E-state index contributed by atoms with van der Waals surface area (Å²) >= 11 is 7.66. The first-order valence-corrected chi connectivity index (χ1v) is 7.95. The Morgan fingerprint density at radius 1 is 1.32 bits per heavy atom. The molecule has 0 aliphatic heterocycles. The summed E-state index contributed by atoms with van der Waals surface area (Å²) in [7, 11) is 1.40. The van der Waals surface area contributed by atoms with Gasteiger partial charge in [0.15, 0.2) is 5.13 Å². The van der Waals surface area contributed by atoms with Crippen LogP contribution in [0, 0.1) is 0 Å². The van der Waals surface area contributed by atoms with Crippen LogP contribution >= 0.6 is 35.1 Å². The first kappa shape index (κ1) is 14.8. The van der Waals surface area contributed by atoms with Gasteiger partial charge in [-0.1, -0.05) is 28.6 Å². The molecule has 3 rings (SSSR count). The van der Waals surface area contributed by atoms with Crippen LogP contribution in [-0.4, -0.2) is 32.2 Å². The van der Waals surface area contributed by atoms with Crippen LogP contribution in [0.4, 0.5) is 5.13 Å². The number of fused-ring (bicyclic) bond motifs is 1. The number of hydrogen-bond donors (Lipinski definition) is 1. The molecule has 0 amide bonds. The standard InChI is InChI=1S/C12H9N5O2S3/c1-18-16-8(9-15-11(13)22-17-9)10(20)19-12-14-6-4-2-3-5-7(6)21-12/h2-5H,1H3,(H2,13,15,17). The van der Waals surface area contributed by atoms with Gasteiger partial charge in [0.25, 0.3) is 5.19 Å². The molecule has 7 nitrogen and oxygen atoms in total. The quantitative estimate of drug-likeness (QED) is 0.438. The topological polar surface area (TPSA) is 95.5 Å². The van der Waals surface area contributed by atoms with Crippen LogP contribution in [0.15, 0.2) is 29.4 Å². The molecule has 2 N–H and O–H groups in total. The SMILES string of the molecule is CON=C(C(=S)Oc1nc2ccccc2s1)c1nsc(N)n1.